The van der Waals surface area contributed by atoms with Crippen LogP contribution in [0.25, 0.3) is 0 Å². The summed E-state index contributed by atoms with van der Waals surface area (Å²) in [5, 5.41) is 2.93. The van der Waals surface area contributed by atoms with E-state index in [1.165, 1.54) is 24.0 Å². The Morgan fingerprint density at radius 1 is 1.12 bits per heavy atom. The average molecular weight is 342 g/mol. The van der Waals surface area contributed by atoms with Crippen molar-refractivity contribution in [2.45, 2.75) is 58.9 Å². The Kier molecular flexibility index (Phi) is 7.71. The summed E-state index contributed by atoms with van der Waals surface area (Å²) in [4.78, 5) is 25.7. The summed E-state index contributed by atoms with van der Waals surface area (Å²) in [6.07, 6.45) is 8.46. The summed E-state index contributed by atoms with van der Waals surface area (Å²) >= 11 is 0. The van der Waals surface area contributed by atoms with Crippen molar-refractivity contribution in [3.8, 4) is 0 Å². The highest BCUT2D eigenvalue weighted by molar-refractivity contribution is 5.78. The van der Waals surface area contributed by atoms with Crippen LogP contribution in [0.5, 0.6) is 0 Å². The van der Waals surface area contributed by atoms with Crippen LogP contribution in [-0.2, 0) is 16.1 Å². The first-order chi connectivity index (χ1) is 12.0. The maximum Gasteiger partial charge on any atom is 0.222 e. The van der Waals surface area contributed by atoms with Gasteiger partial charge in [-0.1, -0.05) is 41.5 Å². The lowest BCUT2D eigenvalue weighted by atomic mass is 9.97. The smallest absolute Gasteiger partial charge is 0.222 e. The van der Waals surface area contributed by atoms with Gasteiger partial charge in [0.2, 0.25) is 11.8 Å². The molecule has 0 atom stereocenters. The molecule has 0 saturated heterocycles. The third-order valence-corrected chi connectivity index (χ3v) is 4.75. The SMILES string of the molecule is CC(=O)N(CCC(=O)NCc1ccc(C)cc1)CCC1=CCCCC1. The van der Waals surface area contributed by atoms with Crippen molar-refractivity contribution in [1.29, 1.82) is 0 Å². The Morgan fingerprint density at radius 2 is 1.88 bits per heavy atom. The molecular weight excluding hydrogens is 312 g/mol. The predicted octanol–water partition coefficient (Wildman–Crippen LogP) is 3.74. The highest BCUT2D eigenvalue weighted by Gasteiger charge is 2.12. The zero-order valence-electron chi connectivity index (χ0n) is 15.5. The number of hydrogen-bond acceptors (Lipinski definition) is 2. The van der Waals surface area contributed by atoms with Crippen LogP contribution in [-0.4, -0.2) is 29.8 Å². The highest BCUT2D eigenvalue weighted by atomic mass is 16.2. The molecule has 1 N–H and O–H groups in total. The minimum Gasteiger partial charge on any atom is -0.352 e. The largest absolute Gasteiger partial charge is 0.352 e. The van der Waals surface area contributed by atoms with Gasteiger partial charge >= 0.3 is 0 Å². The van der Waals surface area contributed by atoms with E-state index in [4.69, 9.17) is 0 Å². The molecule has 0 bridgehead atoms. The zero-order valence-corrected chi connectivity index (χ0v) is 15.5. The van der Waals surface area contributed by atoms with Gasteiger partial charge in [0.05, 0.1) is 0 Å². The Labute approximate surface area is 151 Å². The number of carbonyl (C=O) groups excluding carboxylic acids is 2. The fourth-order valence-corrected chi connectivity index (χ4v) is 3.07. The Hall–Kier alpha value is -2.10. The first-order valence-corrected chi connectivity index (χ1v) is 9.30. The quantitative estimate of drug-likeness (QED) is 0.732. The molecule has 0 heterocycles. The highest BCUT2D eigenvalue weighted by Crippen LogP contribution is 2.20. The van der Waals surface area contributed by atoms with E-state index in [9.17, 15) is 9.59 Å². The van der Waals surface area contributed by atoms with Crippen molar-refractivity contribution in [2.75, 3.05) is 13.1 Å². The van der Waals surface area contributed by atoms with Crippen LogP contribution in [0.2, 0.25) is 0 Å². The molecule has 25 heavy (non-hydrogen) atoms. The number of allylic oxidation sites excluding steroid dienone is 1. The Balaban J connectivity index is 1.71. The van der Waals surface area contributed by atoms with E-state index < -0.39 is 0 Å². The van der Waals surface area contributed by atoms with Gasteiger partial charge in [-0.25, -0.2) is 0 Å². The fraction of sp³-hybridized carbons (Fsp3) is 0.524. The molecule has 136 valence electrons. The van der Waals surface area contributed by atoms with Gasteiger partial charge < -0.3 is 10.2 Å². The molecule has 0 fully saturated rings. The molecule has 0 unspecified atom stereocenters. The van der Waals surface area contributed by atoms with Crippen LogP contribution < -0.4 is 5.32 Å². The molecule has 2 rings (SSSR count). The van der Waals surface area contributed by atoms with E-state index in [1.807, 2.05) is 31.2 Å². The van der Waals surface area contributed by atoms with Crippen LogP contribution >= 0.6 is 0 Å². The van der Waals surface area contributed by atoms with E-state index in [1.54, 1.807) is 11.8 Å². The monoisotopic (exact) mass is 342 g/mol. The second-order valence-corrected chi connectivity index (χ2v) is 6.88. The van der Waals surface area contributed by atoms with Gasteiger partial charge in [-0.05, 0) is 44.6 Å². The second-order valence-electron chi connectivity index (χ2n) is 6.88. The Bertz CT molecular complexity index is 605. The third-order valence-electron chi connectivity index (χ3n) is 4.75. The Morgan fingerprint density at radius 3 is 2.52 bits per heavy atom. The zero-order chi connectivity index (χ0) is 18.1. The fourth-order valence-electron chi connectivity index (χ4n) is 3.07. The molecule has 4 heteroatoms. The van der Waals surface area contributed by atoms with Crippen LogP contribution in [0.1, 0.15) is 56.6 Å². The summed E-state index contributed by atoms with van der Waals surface area (Å²) in [7, 11) is 0. The van der Waals surface area contributed by atoms with Crippen LogP contribution in [0.3, 0.4) is 0 Å². The van der Waals surface area contributed by atoms with Gasteiger partial charge in [0.1, 0.15) is 0 Å². The molecule has 1 aromatic rings. The number of carbonyl (C=O) groups is 2. The first kappa shape index (κ1) is 19.2. The van der Waals surface area contributed by atoms with E-state index in [0.29, 0.717) is 26.1 Å². The minimum atomic E-state index is -0.0105. The van der Waals surface area contributed by atoms with Crippen LogP contribution in [0, 0.1) is 6.92 Å². The van der Waals surface area contributed by atoms with Crippen molar-refractivity contribution < 1.29 is 9.59 Å². The van der Waals surface area contributed by atoms with E-state index in [2.05, 4.69) is 11.4 Å². The number of benzene rings is 1. The van der Waals surface area contributed by atoms with Crippen molar-refractivity contribution in [3.05, 3.63) is 47.0 Å². The summed E-state index contributed by atoms with van der Waals surface area (Å²) in [5.74, 6) is 0.0338. The van der Waals surface area contributed by atoms with Crippen LogP contribution in [0.15, 0.2) is 35.9 Å². The molecular formula is C21H30N2O2. The normalized spacial score (nSPS) is 13.9. The van der Waals surface area contributed by atoms with Crippen molar-refractivity contribution in [3.63, 3.8) is 0 Å². The molecule has 2 amide bonds. The lowest BCUT2D eigenvalue weighted by Crippen LogP contribution is -2.34. The minimum absolute atomic E-state index is 0.0105. The van der Waals surface area contributed by atoms with Gasteiger partial charge in [0.25, 0.3) is 0 Å². The van der Waals surface area contributed by atoms with E-state index in [-0.39, 0.29) is 11.8 Å². The molecule has 4 nitrogen and oxygen atoms in total. The summed E-state index contributed by atoms with van der Waals surface area (Å²) in [5.41, 5.74) is 3.76. The predicted molar refractivity (Wildman–Crippen MR) is 101 cm³/mol. The summed E-state index contributed by atoms with van der Waals surface area (Å²) in [6, 6.07) is 8.13. The topological polar surface area (TPSA) is 49.4 Å². The molecule has 0 aromatic heterocycles. The standard InChI is InChI=1S/C21H30N2O2/c1-17-8-10-20(11-9-17)16-22-21(25)13-15-23(18(2)24)14-12-19-6-4-3-5-7-19/h6,8-11H,3-5,7,12-16H2,1-2H3,(H,22,25). The maximum atomic E-state index is 12.1. The van der Waals surface area contributed by atoms with Gasteiger partial charge in [0, 0.05) is 33.0 Å². The van der Waals surface area contributed by atoms with Gasteiger partial charge in [-0.15, -0.1) is 0 Å². The van der Waals surface area contributed by atoms with Gasteiger partial charge in [0.15, 0.2) is 0 Å². The van der Waals surface area contributed by atoms with Crippen molar-refractivity contribution >= 4 is 11.8 Å². The summed E-state index contributed by atoms with van der Waals surface area (Å²) in [6.45, 7) is 5.36. The lowest BCUT2D eigenvalue weighted by molar-refractivity contribution is -0.129. The van der Waals surface area contributed by atoms with E-state index >= 15 is 0 Å². The molecule has 1 aromatic carbocycles. The molecule has 0 saturated carbocycles. The number of aryl methyl sites for hydroxylation is 1. The number of nitrogens with one attached hydrogen (secondary N) is 1. The molecule has 1 aliphatic carbocycles. The number of amides is 2. The van der Waals surface area contributed by atoms with Crippen molar-refractivity contribution in [1.82, 2.24) is 10.2 Å². The summed E-state index contributed by atoms with van der Waals surface area (Å²) < 4.78 is 0. The number of nitrogens with zero attached hydrogens (tertiary/aromatic N) is 1. The average Bonchev–Trinajstić information content (AvgIpc) is 2.61. The molecule has 1 aliphatic rings. The first-order valence-electron chi connectivity index (χ1n) is 9.30. The maximum absolute atomic E-state index is 12.1. The second kappa shape index (κ2) is 10.0. The molecule has 0 spiro atoms. The lowest BCUT2D eigenvalue weighted by Gasteiger charge is -2.22. The van der Waals surface area contributed by atoms with Crippen LogP contribution in [0.4, 0.5) is 0 Å². The molecule has 0 radical (unpaired) electrons. The van der Waals surface area contributed by atoms with Gasteiger partial charge in [-0.2, -0.15) is 0 Å². The third kappa shape index (κ3) is 7.12. The number of hydrogen-bond donors (Lipinski definition) is 1. The van der Waals surface area contributed by atoms with E-state index in [0.717, 1.165) is 24.8 Å². The van der Waals surface area contributed by atoms with Crippen molar-refractivity contribution in [2.24, 2.45) is 0 Å². The molecule has 0 aliphatic heterocycles. The van der Waals surface area contributed by atoms with Gasteiger partial charge in [-0.3, -0.25) is 9.59 Å². The number of rotatable bonds is 8.